The molecule has 0 saturated carbocycles. The van der Waals surface area contributed by atoms with E-state index in [1.54, 1.807) is 13.0 Å². The molecule has 6 heteroatoms. The minimum absolute atomic E-state index is 0.152. The minimum Gasteiger partial charge on any atom is -0.399 e. The number of hydrogen-bond acceptors (Lipinski definition) is 3. The van der Waals surface area contributed by atoms with Gasteiger partial charge in [0.2, 0.25) is 0 Å². The molecule has 0 fully saturated rings. The fourth-order valence-corrected chi connectivity index (χ4v) is 2.09. The molecule has 0 saturated heterocycles. The highest BCUT2D eigenvalue weighted by Crippen LogP contribution is 2.32. The highest BCUT2D eigenvalue weighted by molar-refractivity contribution is 6.34. The third kappa shape index (κ3) is 2.83. The van der Waals surface area contributed by atoms with E-state index in [4.69, 9.17) is 23.1 Å². The van der Waals surface area contributed by atoms with Crippen LogP contribution in [-0.4, -0.2) is 5.91 Å². The summed E-state index contributed by atoms with van der Waals surface area (Å²) in [6.45, 7) is 1.80. The van der Waals surface area contributed by atoms with E-state index >= 15 is 0 Å². The molecule has 1 amide bonds. The normalized spacial score (nSPS) is 10.3. The Morgan fingerprint density at radius 2 is 2.00 bits per heavy atom. The smallest absolute Gasteiger partial charge is 0.250 e. The standard InChI is InChI=1S/C14H13ClFN3O/c1-7-2-3-8(16)4-12(7)19-13-10(14(18)20)5-9(17)6-11(13)15/h2-6,19H,17H2,1H3,(H2,18,20). The Bertz CT molecular complexity index is 688. The molecule has 2 rings (SSSR count). The largest absolute Gasteiger partial charge is 0.399 e. The maximum Gasteiger partial charge on any atom is 0.250 e. The molecule has 0 aromatic heterocycles. The van der Waals surface area contributed by atoms with Crippen LogP contribution in [0.2, 0.25) is 5.02 Å². The van der Waals surface area contributed by atoms with Crippen LogP contribution in [0.15, 0.2) is 30.3 Å². The molecule has 0 heterocycles. The molecule has 0 aliphatic heterocycles. The van der Waals surface area contributed by atoms with Gasteiger partial charge in [0.25, 0.3) is 5.91 Å². The summed E-state index contributed by atoms with van der Waals surface area (Å²) in [5.74, 6) is -1.07. The van der Waals surface area contributed by atoms with Gasteiger partial charge in [0.05, 0.1) is 16.3 Å². The molecule has 20 heavy (non-hydrogen) atoms. The van der Waals surface area contributed by atoms with Gasteiger partial charge in [-0.05, 0) is 36.8 Å². The van der Waals surface area contributed by atoms with Gasteiger partial charge in [-0.2, -0.15) is 0 Å². The van der Waals surface area contributed by atoms with Crippen LogP contribution in [0.4, 0.5) is 21.5 Å². The maximum atomic E-state index is 13.3. The summed E-state index contributed by atoms with van der Waals surface area (Å²) in [5, 5.41) is 3.17. The van der Waals surface area contributed by atoms with E-state index < -0.39 is 11.7 Å². The summed E-state index contributed by atoms with van der Waals surface area (Å²) >= 11 is 6.08. The van der Waals surface area contributed by atoms with E-state index in [9.17, 15) is 9.18 Å². The molecule has 2 aromatic carbocycles. The van der Waals surface area contributed by atoms with Crippen LogP contribution in [0.3, 0.4) is 0 Å². The van der Waals surface area contributed by atoms with Gasteiger partial charge in [-0.25, -0.2) is 4.39 Å². The van der Waals surface area contributed by atoms with Crippen LogP contribution >= 0.6 is 11.6 Å². The first-order valence-electron chi connectivity index (χ1n) is 5.80. The second-order valence-corrected chi connectivity index (χ2v) is 4.78. The Morgan fingerprint density at radius 1 is 1.30 bits per heavy atom. The summed E-state index contributed by atoms with van der Waals surface area (Å²) < 4.78 is 13.3. The zero-order chi connectivity index (χ0) is 14.9. The SMILES string of the molecule is Cc1ccc(F)cc1Nc1c(Cl)cc(N)cc1C(N)=O. The Kier molecular flexibility index (Phi) is 3.81. The fraction of sp³-hybridized carbons (Fsp3) is 0.0714. The van der Waals surface area contributed by atoms with Gasteiger partial charge < -0.3 is 16.8 Å². The predicted molar refractivity (Wildman–Crippen MR) is 78.8 cm³/mol. The molecule has 0 spiro atoms. The number of benzene rings is 2. The van der Waals surface area contributed by atoms with Crippen molar-refractivity contribution < 1.29 is 9.18 Å². The van der Waals surface area contributed by atoms with Gasteiger partial charge in [0, 0.05) is 11.4 Å². The third-order valence-corrected chi connectivity index (χ3v) is 3.14. The van der Waals surface area contributed by atoms with E-state index in [2.05, 4.69) is 5.32 Å². The van der Waals surface area contributed by atoms with Crippen molar-refractivity contribution in [3.8, 4) is 0 Å². The number of halogens is 2. The number of hydrogen-bond donors (Lipinski definition) is 3. The molecule has 4 nitrogen and oxygen atoms in total. The number of amides is 1. The van der Waals surface area contributed by atoms with Crippen molar-refractivity contribution >= 4 is 34.6 Å². The van der Waals surface area contributed by atoms with Crippen LogP contribution in [-0.2, 0) is 0 Å². The second kappa shape index (κ2) is 5.38. The Labute approximate surface area is 120 Å². The Balaban J connectivity index is 2.53. The van der Waals surface area contributed by atoms with E-state index in [0.29, 0.717) is 17.1 Å². The van der Waals surface area contributed by atoms with Gasteiger partial charge >= 0.3 is 0 Å². The van der Waals surface area contributed by atoms with Crippen LogP contribution in [0, 0.1) is 12.7 Å². The quantitative estimate of drug-likeness (QED) is 0.760. The van der Waals surface area contributed by atoms with Crippen molar-refractivity contribution in [1.82, 2.24) is 0 Å². The molecule has 0 radical (unpaired) electrons. The molecule has 2 aromatic rings. The van der Waals surface area contributed by atoms with Gasteiger partial charge in [0.15, 0.2) is 0 Å². The maximum absolute atomic E-state index is 13.3. The number of nitrogen functional groups attached to an aromatic ring is 1. The topological polar surface area (TPSA) is 81.1 Å². The van der Waals surface area contributed by atoms with Crippen molar-refractivity contribution in [3.05, 3.63) is 52.3 Å². The lowest BCUT2D eigenvalue weighted by molar-refractivity contribution is 0.100. The summed E-state index contributed by atoms with van der Waals surface area (Å²) in [7, 11) is 0. The molecule has 0 aliphatic carbocycles. The van der Waals surface area contributed by atoms with Gasteiger partial charge in [-0.3, -0.25) is 4.79 Å². The molecule has 0 unspecified atom stereocenters. The Hall–Kier alpha value is -2.27. The van der Waals surface area contributed by atoms with Crippen LogP contribution in [0.5, 0.6) is 0 Å². The van der Waals surface area contributed by atoms with Crippen LogP contribution in [0.25, 0.3) is 0 Å². The highest BCUT2D eigenvalue weighted by Gasteiger charge is 2.14. The summed E-state index contributed by atoms with van der Waals surface area (Å²) in [5.41, 5.74) is 13.0. The van der Waals surface area contributed by atoms with Gasteiger partial charge in [-0.15, -0.1) is 0 Å². The average Bonchev–Trinajstić information content (AvgIpc) is 2.36. The highest BCUT2D eigenvalue weighted by atomic mass is 35.5. The minimum atomic E-state index is -0.671. The number of anilines is 3. The molecular formula is C14H13ClFN3O. The van der Waals surface area contributed by atoms with E-state index in [1.165, 1.54) is 24.3 Å². The zero-order valence-electron chi connectivity index (χ0n) is 10.7. The van der Waals surface area contributed by atoms with E-state index in [0.717, 1.165) is 5.56 Å². The summed E-state index contributed by atoms with van der Waals surface area (Å²) in [6, 6.07) is 7.19. The van der Waals surface area contributed by atoms with Crippen LogP contribution < -0.4 is 16.8 Å². The number of primary amides is 1. The summed E-state index contributed by atoms with van der Waals surface area (Å²) in [6.07, 6.45) is 0. The number of rotatable bonds is 3. The lowest BCUT2D eigenvalue weighted by Gasteiger charge is -2.15. The van der Waals surface area contributed by atoms with Gasteiger partial charge in [0.1, 0.15) is 5.82 Å². The number of nitrogens with two attached hydrogens (primary N) is 2. The zero-order valence-corrected chi connectivity index (χ0v) is 11.5. The van der Waals surface area contributed by atoms with E-state index in [-0.39, 0.29) is 10.6 Å². The first-order chi connectivity index (χ1) is 9.38. The average molecular weight is 294 g/mol. The molecule has 0 bridgehead atoms. The molecular weight excluding hydrogens is 281 g/mol. The van der Waals surface area contributed by atoms with Crippen molar-refractivity contribution in [2.45, 2.75) is 6.92 Å². The number of carbonyl (C=O) groups is 1. The van der Waals surface area contributed by atoms with Gasteiger partial charge in [-0.1, -0.05) is 17.7 Å². The predicted octanol–water partition coefficient (Wildman–Crippen LogP) is 3.21. The van der Waals surface area contributed by atoms with Crippen molar-refractivity contribution in [2.75, 3.05) is 11.1 Å². The number of carbonyl (C=O) groups excluding carboxylic acids is 1. The van der Waals surface area contributed by atoms with E-state index in [1.807, 2.05) is 0 Å². The second-order valence-electron chi connectivity index (χ2n) is 4.37. The molecule has 104 valence electrons. The van der Waals surface area contributed by atoms with Crippen molar-refractivity contribution in [1.29, 1.82) is 0 Å². The Morgan fingerprint density at radius 3 is 2.65 bits per heavy atom. The number of aryl methyl sites for hydroxylation is 1. The number of nitrogens with one attached hydrogen (secondary N) is 1. The first kappa shape index (κ1) is 14.1. The van der Waals surface area contributed by atoms with Crippen molar-refractivity contribution in [2.24, 2.45) is 5.73 Å². The molecule has 0 atom stereocenters. The lowest BCUT2D eigenvalue weighted by atomic mass is 10.1. The molecule has 5 N–H and O–H groups in total. The molecule has 0 aliphatic rings. The van der Waals surface area contributed by atoms with Crippen LogP contribution in [0.1, 0.15) is 15.9 Å². The fourth-order valence-electron chi connectivity index (χ4n) is 1.81. The third-order valence-electron chi connectivity index (χ3n) is 2.84. The summed E-state index contributed by atoms with van der Waals surface area (Å²) in [4.78, 5) is 11.5. The first-order valence-corrected chi connectivity index (χ1v) is 6.18. The van der Waals surface area contributed by atoms with Crippen molar-refractivity contribution in [3.63, 3.8) is 0 Å². The lowest BCUT2D eigenvalue weighted by Crippen LogP contribution is -2.14. The monoisotopic (exact) mass is 293 g/mol.